The smallest absolute Gasteiger partial charge is 0.314 e. The van der Waals surface area contributed by atoms with Gasteiger partial charge in [0.1, 0.15) is 0 Å². The molecular formula is C15H22N2O2. The number of carbonyl (C=O) groups is 1. The largest absolute Gasteiger partial charge is 0.469 e. The average molecular weight is 262 g/mol. The molecule has 1 N–H and O–H groups in total. The van der Waals surface area contributed by atoms with Crippen LogP contribution in [0.1, 0.15) is 17.9 Å². The zero-order valence-corrected chi connectivity index (χ0v) is 11.6. The summed E-state index contributed by atoms with van der Waals surface area (Å²) in [6, 6.07) is 10.3. The van der Waals surface area contributed by atoms with Crippen LogP contribution in [0, 0.1) is 0 Å². The van der Waals surface area contributed by atoms with Crippen LogP contribution < -0.4 is 5.32 Å². The van der Waals surface area contributed by atoms with Crippen molar-refractivity contribution in [1.29, 1.82) is 0 Å². The molecule has 19 heavy (non-hydrogen) atoms. The molecule has 0 aromatic heterocycles. The number of carbonyl (C=O) groups excluding carboxylic acids is 1. The molecule has 1 aromatic carbocycles. The predicted octanol–water partition coefficient (Wildman–Crippen LogP) is 1.24. The summed E-state index contributed by atoms with van der Waals surface area (Å²) in [6.07, 6.45) is 1.14. The van der Waals surface area contributed by atoms with E-state index in [0.29, 0.717) is 12.6 Å². The first-order chi connectivity index (χ1) is 9.20. The maximum absolute atomic E-state index is 11.9. The van der Waals surface area contributed by atoms with Gasteiger partial charge in [0.05, 0.1) is 13.0 Å². The van der Waals surface area contributed by atoms with Crippen LogP contribution in [0.5, 0.6) is 0 Å². The van der Waals surface area contributed by atoms with Crippen molar-refractivity contribution in [2.45, 2.75) is 18.4 Å². The Morgan fingerprint density at radius 3 is 2.79 bits per heavy atom. The lowest BCUT2D eigenvalue weighted by Gasteiger charge is -2.19. The molecule has 0 bridgehead atoms. The number of likely N-dealkylation sites (N-methyl/N-ethyl adjacent to an activating group) is 1. The number of esters is 1. The zero-order chi connectivity index (χ0) is 13.7. The van der Waals surface area contributed by atoms with Crippen LogP contribution in [0.2, 0.25) is 0 Å². The monoisotopic (exact) mass is 262 g/mol. The van der Waals surface area contributed by atoms with Gasteiger partial charge in [-0.2, -0.15) is 0 Å². The Balaban J connectivity index is 1.97. The summed E-state index contributed by atoms with van der Waals surface area (Å²) >= 11 is 0. The summed E-state index contributed by atoms with van der Waals surface area (Å²) < 4.78 is 4.91. The molecule has 1 fully saturated rings. The first-order valence-corrected chi connectivity index (χ1v) is 6.75. The van der Waals surface area contributed by atoms with Crippen LogP contribution in [-0.4, -0.2) is 50.7 Å². The van der Waals surface area contributed by atoms with Crippen LogP contribution in [0.4, 0.5) is 0 Å². The molecule has 0 amide bonds. The summed E-state index contributed by atoms with van der Waals surface area (Å²) in [5.41, 5.74) is 1.01. The number of methoxy groups -OCH3 is 1. The minimum Gasteiger partial charge on any atom is -0.469 e. The van der Waals surface area contributed by atoms with Gasteiger partial charge in [-0.1, -0.05) is 30.3 Å². The van der Waals surface area contributed by atoms with Crippen molar-refractivity contribution in [2.75, 3.05) is 33.8 Å². The third-order valence-corrected chi connectivity index (χ3v) is 3.69. The van der Waals surface area contributed by atoms with Crippen LogP contribution in [0.3, 0.4) is 0 Å². The summed E-state index contributed by atoms with van der Waals surface area (Å²) in [6.45, 7) is 2.80. The van der Waals surface area contributed by atoms with Crippen molar-refractivity contribution in [3.05, 3.63) is 35.9 Å². The fourth-order valence-electron chi connectivity index (χ4n) is 2.55. The van der Waals surface area contributed by atoms with Gasteiger partial charge >= 0.3 is 5.97 Å². The highest BCUT2D eigenvalue weighted by atomic mass is 16.5. The van der Waals surface area contributed by atoms with Gasteiger partial charge in [0.15, 0.2) is 0 Å². The highest BCUT2D eigenvalue weighted by molar-refractivity contribution is 5.78. The van der Waals surface area contributed by atoms with Crippen molar-refractivity contribution >= 4 is 5.97 Å². The highest BCUT2D eigenvalue weighted by Gasteiger charge is 2.24. The Labute approximate surface area is 114 Å². The molecule has 4 nitrogen and oxygen atoms in total. The lowest BCUT2D eigenvalue weighted by molar-refractivity contribution is -0.142. The Morgan fingerprint density at radius 1 is 1.47 bits per heavy atom. The van der Waals surface area contributed by atoms with Gasteiger partial charge in [0.25, 0.3) is 0 Å². The van der Waals surface area contributed by atoms with Gasteiger partial charge in [-0.05, 0) is 25.6 Å². The number of benzene rings is 1. The summed E-state index contributed by atoms with van der Waals surface area (Å²) in [4.78, 5) is 14.2. The molecule has 1 aliphatic rings. The number of hydrogen-bond acceptors (Lipinski definition) is 4. The van der Waals surface area contributed by atoms with E-state index in [1.807, 2.05) is 30.3 Å². The van der Waals surface area contributed by atoms with Gasteiger partial charge in [-0.3, -0.25) is 4.79 Å². The minimum absolute atomic E-state index is 0.176. The second kappa shape index (κ2) is 6.68. The Morgan fingerprint density at radius 2 is 2.21 bits per heavy atom. The second-order valence-electron chi connectivity index (χ2n) is 5.14. The van der Waals surface area contributed by atoms with Gasteiger partial charge in [0, 0.05) is 19.1 Å². The maximum atomic E-state index is 11.9. The third-order valence-electron chi connectivity index (χ3n) is 3.69. The molecule has 0 aliphatic carbocycles. The fourth-order valence-corrected chi connectivity index (χ4v) is 2.55. The summed E-state index contributed by atoms with van der Waals surface area (Å²) in [5, 5.41) is 3.48. The van der Waals surface area contributed by atoms with Gasteiger partial charge in [0.2, 0.25) is 0 Å². The maximum Gasteiger partial charge on any atom is 0.314 e. The van der Waals surface area contributed by atoms with E-state index in [1.165, 1.54) is 7.11 Å². The van der Waals surface area contributed by atoms with E-state index in [0.717, 1.165) is 25.1 Å². The molecule has 0 radical (unpaired) electrons. The van der Waals surface area contributed by atoms with E-state index >= 15 is 0 Å². The van der Waals surface area contributed by atoms with Crippen LogP contribution >= 0.6 is 0 Å². The van der Waals surface area contributed by atoms with Crippen molar-refractivity contribution < 1.29 is 9.53 Å². The van der Waals surface area contributed by atoms with Gasteiger partial charge < -0.3 is 15.0 Å². The quantitative estimate of drug-likeness (QED) is 0.811. The fraction of sp³-hybridized carbons (Fsp3) is 0.533. The van der Waals surface area contributed by atoms with E-state index in [4.69, 9.17) is 4.74 Å². The molecule has 4 heteroatoms. The summed E-state index contributed by atoms with van der Waals surface area (Å²) in [7, 11) is 3.57. The first kappa shape index (κ1) is 14.0. The lowest BCUT2D eigenvalue weighted by atomic mass is 9.99. The summed E-state index contributed by atoms with van der Waals surface area (Å²) in [5.74, 6) is -0.401. The number of nitrogens with zero attached hydrogens (tertiary/aromatic N) is 1. The van der Waals surface area contributed by atoms with E-state index in [2.05, 4.69) is 17.3 Å². The van der Waals surface area contributed by atoms with E-state index in [1.54, 1.807) is 0 Å². The SMILES string of the molecule is COC(=O)C(CNC1CCN(C)C1)c1ccccc1. The molecule has 2 unspecified atom stereocenters. The molecule has 1 aromatic rings. The zero-order valence-electron chi connectivity index (χ0n) is 11.6. The normalized spacial score (nSPS) is 21.3. The molecule has 1 saturated heterocycles. The van der Waals surface area contributed by atoms with E-state index in [-0.39, 0.29) is 11.9 Å². The number of ether oxygens (including phenoxy) is 1. The van der Waals surface area contributed by atoms with E-state index in [9.17, 15) is 4.79 Å². The first-order valence-electron chi connectivity index (χ1n) is 6.75. The molecule has 1 heterocycles. The average Bonchev–Trinajstić information content (AvgIpc) is 2.85. The molecule has 2 atom stereocenters. The Bertz CT molecular complexity index is 408. The number of hydrogen-bond donors (Lipinski definition) is 1. The molecule has 2 rings (SSSR count). The molecule has 0 saturated carbocycles. The topological polar surface area (TPSA) is 41.6 Å². The van der Waals surface area contributed by atoms with Crippen molar-refractivity contribution in [2.24, 2.45) is 0 Å². The van der Waals surface area contributed by atoms with Crippen LogP contribution in [0.15, 0.2) is 30.3 Å². The predicted molar refractivity (Wildman–Crippen MR) is 75.1 cm³/mol. The number of likely N-dealkylation sites (tertiary alicyclic amines) is 1. The standard InChI is InChI=1S/C15H22N2O2/c1-17-9-8-13(11-17)16-10-14(15(18)19-2)12-6-4-3-5-7-12/h3-7,13-14,16H,8-11H2,1-2H3. The Hall–Kier alpha value is -1.39. The van der Waals surface area contributed by atoms with E-state index < -0.39 is 0 Å². The van der Waals surface area contributed by atoms with Crippen LogP contribution in [0.25, 0.3) is 0 Å². The molecule has 0 spiro atoms. The Kier molecular flexibility index (Phi) is 4.93. The molecular weight excluding hydrogens is 240 g/mol. The minimum atomic E-state index is -0.225. The lowest BCUT2D eigenvalue weighted by Crippen LogP contribution is -2.36. The van der Waals surface area contributed by atoms with Crippen molar-refractivity contribution in [3.63, 3.8) is 0 Å². The van der Waals surface area contributed by atoms with Crippen LogP contribution in [-0.2, 0) is 9.53 Å². The third kappa shape index (κ3) is 3.78. The number of rotatable bonds is 5. The molecule has 104 valence electrons. The number of nitrogens with one attached hydrogen (secondary N) is 1. The van der Waals surface area contributed by atoms with Gasteiger partial charge in [-0.15, -0.1) is 0 Å². The molecule has 1 aliphatic heterocycles. The highest BCUT2D eigenvalue weighted by Crippen LogP contribution is 2.17. The van der Waals surface area contributed by atoms with Crippen molar-refractivity contribution in [1.82, 2.24) is 10.2 Å². The van der Waals surface area contributed by atoms with Crippen molar-refractivity contribution in [3.8, 4) is 0 Å². The van der Waals surface area contributed by atoms with Gasteiger partial charge in [-0.25, -0.2) is 0 Å². The second-order valence-corrected chi connectivity index (χ2v) is 5.14.